The number of hydrogen-bond acceptors (Lipinski definition) is 4. The topological polar surface area (TPSA) is 36.9 Å². The normalized spacial score (nSPS) is 33.8. The lowest BCUT2D eigenvalue weighted by molar-refractivity contribution is -0.0481. The van der Waals surface area contributed by atoms with Crippen molar-refractivity contribution in [2.75, 3.05) is 34.0 Å². The maximum atomic E-state index is 5.66. The summed E-state index contributed by atoms with van der Waals surface area (Å²) in [6, 6.07) is -0.387. The summed E-state index contributed by atoms with van der Waals surface area (Å²) < 4.78 is 20.7. The molecule has 1 fully saturated rings. The summed E-state index contributed by atoms with van der Waals surface area (Å²) in [7, 11) is 8.91. The first-order chi connectivity index (χ1) is 6.29. The molecule has 4 nitrogen and oxygen atoms in total. The van der Waals surface area contributed by atoms with Crippen LogP contribution in [-0.4, -0.2) is 60.1 Å². The van der Waals surface area contributed by atoms with Crippen LogP contribution in [0.15, 0.2) is 0 Å². The summed E-state index contributed by atoms with van der Waals surface area (Å²) in [6.45, 7) is 1.56. The molecule has 0 aromatic heterocycles. The summed E-state index contributed by atoms with van der Waals surface area (Å²) in [4.78, 5) is 0. The fourth-order valence-electron chi connectivity index (χ4n) is 1.28. The molecule has 0 spiro atoms. The van der Waals surface area contributed by atoms with Gasteiger partial charge >= 0.3 is 0 Å². The highest BCUT2D eigenvalue weighted by Gasteiger charge is 2.34. The zero-order valence-electron chi connectivity index (χ0n) is 8.06. The molecule has 1 saturated heterocycles. The SMILES string of the molecule is [B][C@@H]1OC[C@@H](OC)C1OCCOC. The zero-order chi connectivity index (χ0) is 9.68. The van der Waals surface area contributed by atoms with Crippen molar-refractivity contribution >= 4 is 7.85 Å². The molecule has 0 bridgehead atoms. The molecule has 1 aliphatic heterocycles. The number of methoxy groups -OCH3 is 2. The first kappa shape index (κ1) is 11.0. The monoisotopic (exact) mass is 186 g/mol. The van der Waals surface area contributed by atoms with E-state index in [0.29, 0.717) is 19.8 Å². The second kappa shape index (κ2) is 5.60. The summed E-state index contributed by atoms with van der Waals surface area (Å²) in [5.41, 5.74) is 0. The zero-order valence-corrected chi connectivity index (χ0v) is 8.06. The minimum atomic E-state index is -0.387. The molecule has 2 radical (unpaired) electrons. The molecule has 0 aromatic rings. The maximum Gasteiger partial charge on any atom is 0.112 e. The van der Waals surface area contributed by atoms with E-state index in [4.69, 9.17) is 26.8 Å². The van der Waals surface area contributed by atoms with Crippen molar-refractivity contribution in [3.63, 3.8) is 0 Å². The fourth-order valence-corrected chi connectivity index (χ4v) is 1.28. The lowest BCUT2D eigenvalue weighted by Gasteiger charge is -2.20. The Bertz CT molecular complexity index is 144. The molecule has 1 aliphatic rings. The van der Waals surface area contributed by atoms with Crippen LogP contribution in [0.5, 0.6) is 0 Å². The van der Waals surface area contributed by atoms with Crippen molar-refractivity contribution in [1.29, 1.82) is 0 Å². The van der Waals surface area contributed by atoms with Gasteiger partial charge in [0.15, 0.2) is 0 Å². The molecule has 5 heteroatoms. The van der Waals surface area contributed by atoms with Gasteiger partial charge in [-0.2, -0.15) is 0 Å². The molecule has 0 amide bonds. The van der Waals surface area contributed by atoms with E-state index in [1.54, 1.807) is 14.2 Å². The Labute approximate surface area is 79.9 Å². The maximum absolute atomic E-state index is 5.66. The largest absolute Gasteiger partial charge is 0.382 e. The first-order valence-electron chi connectivity index (χ1n) is 4.30. The molecule has 0 saturated carbocycles. The van der Waals surface area contributed by atoms with E-state index in [0.717, 1.165) is 0 Å². The summed E-state index contributed by atoms with van der Waals surface area (Å²) in [5, 5.41) is 0. The van der Waals surface area contributed by atoms with Crippen molar-refractivity contribution in [3.05, 3.63) is 0 Å². The fraction of sp³-hybridized carbons (Fsp3) is 1.00. The second-order valence-corrected chi connectivity index (χ2v) is 2.90. The predicted octanol–water partition coefficient (Wildman–Crippen LogP) is -0.442. The molecular weight excluding hydrogens is 171 g/mol. The molecule has 1 heterocycles. The number of ether oxygens (including phenoxy) is 4. The Balaban J connectivity index is 2.27. The molecular formula is C8H15BO4. The van der Waals surface area contributed by atoms with Gasteiger partial charge in [0.25, 0.3) is 0 Å². The van der Waals surface area contributed by atoms with Gasteiger partial charge in [0.1, 0.15) is 20.1 Å². The van der Waals surface area contributed by atoms with Gasteiger partial charge in [-0.3, -0.25) is 0 Å². The summed E-state index contributed by atoms with van der Waals surface area (Å²) in [5.74, 6) is 0. The lowest BCUT2D eigenvalue weighted by Crippen LogP contribution is -2.35. The van der Waals surface area contributed by atoms with E-state index in [1.165, 1.54) is 0 Å². The Hall–Kier alpha value is -0.0951. The van der Waals surface area contributed by atoms with E-state index in [-0.39, 0.29) is 18.2 Å². The van der Waals surface area contributed by atoms with Crippen LogP contribution >= 0.6 is 0 Å². The van der Waals surface area contributed by atoms with Crippen molar-refractivity contribution in [3.8, 4) is 0 Å². The minimum Gasteiger partial charge on any atom is -0.382 e. The Morgan fingerprint density at radius 3 is 2.77 bits per heavy atom. The van der Waals surface area contributed by atoms with Gasteiger partial charge in [-0.1, -0.05) is 0 Å². The van der Waals surface area contributed by atoms with E-state index >= 15 is 0 Å². The van der Waals surface area contributed by atoms with Gasteiger partial charge < -0.3 is 18.9 Å². The van der Waals surface area contributed by atoms with Crippen LogP contribution in [0, 0.1) is 0 Å². The minimum absolute atomic E-state index is 0.0631. The molecule has 74 valence electrons. The van der Waals surface area contributed by atoms with Crippen LogP contribution in [0.1, 0.15) is 0 Å². The van der Waals surface area contributed by atoms with Gasteiger partial charge in [0.2, 0.25) is 0 Å². The van der Waals surface area contributed by atoms with Crippen LogP contribution in [0.2, 0.25) is 0 Å². The average Bonchev–Trinajstić information content (AvgIpc) is 2.48. The number of hydrogen-bond donors (Lipinski definition) is 0. The van der Waals surface area contributed by atoms with Gasteiger partial charge in [-0.15, -0.1) is 0 Å². The van der Waals surface area contributed by atoms with Crippen LogP contribution in [0.4, 0.5) is 0 Å². The Morgan fingerprint density at radius 2 is 2.15 bits per heavy atom. The molecule has 0 aromatic carbocycles. The highest BCUT2D eigenvalue weighted by Crippen LogP contribution is 2.17. The molecule has 1 unspecified atom stereocenters. The van der Waals surface area contributed by atoms with Crippen molar-refractivity contribution < 1.29 is 18.9 Å². The molecule has 13 heavy (non-hydrogen) atoms. The summed E-state index contributed by atoms with van der Waals surface area (Å²) >= 11 is 0. The number of rotatable bonds is 5. The highest BCUT2D eigenvalue weighted by molar-refractivity contribution is 6.11. The van der Waals surface area contributed by atoms with Crippen LogP contribution in [0.3, 0.4) is 0 Å². The van der Waals surface area contributed by atoms with Gasteiger partial charge in [-0.25, -0.2) is 0 Å². The molecule has 0 N–H and O–H groups in total. The lowest BCUT2D eigenvalue weighted by atomic mass is 9.93. The van der Waals surface area contributed by atoms with Gasteiger partial charge in [0, 0.05) is 20.2 Å². The first-order valence-corrected chi connectivity index (χ1v) is 4.30. The van der Waals surface area contributed by atoms with Gasteiger partial charge in [0.05, 0.1) is 19.8 Å². The van der Waals surface area contributed by atoms with Gasteiger partial charge in [-0.05, 0) is 0 Å². The van der Waals surface area contributed by atoms with Crippen LogP contribution in [0.25, 0.3) is 0 Å². The molecule has 0 aliphatic carbocycles. The molecule has 3 atom stereocenters. The van der Waals surface area contributed by atoms with E-state index in [9.17, 15) is 0 Å². The van der Waals surface area contributed by atoms with E-state index < -0.39 is 0 Å². The predicted molar refractivity (Wildman–Crippen MR) is 47.9 cm³/mol. The van der Waals surface area contributed by atoms with Crippen molar-refractivity contribution in [2.45, 2.75) is 18.2 Å². The van der Waals surface area contributed by atoms with E-state index in [2.05, 4.69) is 0 Å². The third kappa shape index (κ3) is 2.95. The average molecular weight is 186 g/mol. The second-order valence-electron chi connectivity index (χ2n) is 2.90. The molecule has 1 rings (SSSR count). The third-order valence-corrected chi connectivity index (χ3v) is 2.04. The third-order valence-electron chi connectivity index (χ3n) is 2.04. The standard InChI is InChI=1S/C8H15BO4/c1-10-3-4-12-7-6(11-2)5-13-8(7)9/h6-8H,3-5H2,1-2H3/t6-,7?,8-/m1/s1. The Kier molecular flexibility index (Phi) is 4.73. The van der Waals surface area contributed by atoms with Crippen LogP contribution in [-0.2, 0) is 18.9 Å². The highest BCUT2D eigenvalue weighted by atomic mass is 16.6. The summed E-state index contributed by atoms with van der Waals surface area (Å²) in [6.07, 6.45) is -0.244. The van der Waals surface area contributed by atoms with Crippen molar-refractivity contribution in [1.82, 2.24) is 0 Å². The van der Waals surface area contributed by atoms with E-state index in [1.807, 2.05) is 0 Å². The Morgan fingerprint density at radius 1 is 1.38 bits per heavy atom. The van der Waals surface area contributed by atoms with Crippen LogP contribution < -0.4 is 0 Å². The smallest absolute Gasteiger partial charge is 0.112 e. The van der Waals surface area contributed by atoms with Crippen molar-refractivity contribution in [2.24, 2.45) is 0 Å². The quantitative estimate of drug-likeness (QED) is 0.430.